The van der Waals surface area contributed by atoms with Crippen LogP contribution in [0.15, 0.2) is 12.4 Å². The molecule has 6 rings (SSSR count). The first-order valence-corrected chi connectivity index (χ1v) is 17.7. The van der Waals surface area contributed by atoms with Gasteiger partial charge < -0.3 is 24.8 Å². The third kappa shape index (κ3) is 10.5. The first-order chi connectivity index (χ1) is 22.5. The molecule has 11 nitrogen and oxygen atoms in total. The van der Waals surface area contributed by atoms with Gasteiger partial charge in [-0.2, -0.15) is 5.10 Å². The molecule has 2 aliphatic carbocycles. The number of carbonyl (C=O) groups excluding carboxylic acids is 4. The molecule has 4 heterocycles. The summed E-state index contributed by atoms with van der Waals surface area (Å²) in [5.41, 5.74) is -0.0507. The van der Waals surface area contributed by atoms with E-state index in [0.29, 0.717) is 63.4 Å². The Kier molecular flexibility index (Phi) is 13.2. The highest BCUT2D eigenvalue weighted by Gasteiger charge is 2.57. The second-order valence-corrected chi connectivity index (χ2v) is 15.1. The van der Waals surface area contributed by atoms with E-state index in [2.05, 4.69) is 29.4 Å². The van der Waals surface area contributed by atoms with Gasteiger partial charge in [0.15, 0.2) is 0 Å². The van der Waals surface area contributed by atoms with Gasteiger partial charge in [-0.1, -0.05) is 46.5 Å². The van der Waals surface area contributed by atoms with Gasteiger partial charge in [-0.25, -0.2) is 4.39 Å². The van der Waals surface area contributed by atoms with Gasteiger partial charge in [0.25, 0.3) is 5.91 Å². The van der Waals surface area contributed by atoms with E-state index in [1.165, 1.54) is 32.1 Å². The van der Waals surface area contributed by atoms with Crippen LogP contribution in [0.3, 0.4) is 0 Å². The number of amides is 4. The molecule has 3 aliphatic heterocycles. The number of alkyl halides is 1. The molecular weight excluding hydrogens is 603 g/mol. The van der Waals surface area contributed by atoms with E-state index < -0.39 is 5.67 Å². The summed E-state index contributed by atoms with van der Waals surface area (Å²) < 4.78 is 19.2. The first-order valence-electron chi connectivity index (χ1n) is 17.7. The average molecular weight is 665 g/mol. The minimum absolute atomic E-state index is 0. The molecule has 2 N–H and O–H groups in total. The Morgan fingerprint density at radius 2 is 1.77 bits per heavy atom. The quantitative estimate of drug-likeness (QED) is 0.261. The largest absolute Gasteiger partial charge is 0.379 e. The van der Waals surface area contributed by atoms with Gasteiger partial charge in [-0.3, -0.25) is 24.3 Å². The first kappa shape index (κ1) is 36.8. The summed E-state index contributed by atoms with van der Waals surface area (Å²) in [6, 6.07) is 0. The molecule has 4 amide bonds. The van der Waals surface area contributed by atoms with Crippen LogP contribution >= 0.6 is 0 Å². The number of hydrogen-bond acceptors (Lipinski definition) is 6. The third-order valence-electron chi connectivity index (χ3n) is 10.7. The highest BCUT2D eigenvalue weighted by Crippen LogP contribution is 2.54. The van der Waals surface area contributed by atoms with Crippen LogP contribution in [0.1, 0.15) is 105 Å². The predicted molar refractivity (Wildman–Crippen MR) is 181 cm³/mol. The van der Waals surface area contributed by atoms with E-state index in [1.54, 1.807) is 17.3 Å². The van der Waals surface area contributed by atoms with Crippen molar-refractivity contribution >= 4 is 24.6 Å². The lowest BCUT2D eigenvalue weighted by atomic mass is 9.78. The number of likely N-dealkylation sites (tertiary alicyclic amines) is 3. The molecule has 1 atom stereocenters. The van der Waals surface area contributed by atoms with E-state index in [0.717, 1.165) is 64.4 Å². The Morgan fingerprint density at radius 3 is 2.34 bits per heavy atom. The number of carbonyl (C=O) groups is 4. The van der Waals surface area contributed by atoms with Crippen LogP contribution in [0, 0.1) is 22.7 Å². The number of halogens is 1. The summed E-state index contributed by atoms with van der Waals surface area (Å²) in [6.07, 6.45) is 16.0. The number of aromatic amines is 1. The van der Waals surface area contributed by atoms with Gasteiger partial charge in [-0.15, -0.1) is 0 Å². The molecule has 5 fully saturated rings. The topological polar surface area (TPSA) is 128 Å². The van der Waals surface area contributed by atoms with Gasteiger partial charge >= 0.3 is 0 Å². The molecule has 268 valence electrons. The molecule has 47 heavy (non-hydrogen) atoms. The van der Waals surface area contributed by atoms with Crippen molar-refractivity contribution in [2.45, 2.75) is 97.1 Å². The van der Waals surface area contributed by atoms with Crippen molar-refractivity contribution in [3.63, 3.8) is 0 Å². The number of nitrogens with one attached hydrogen (secondary N) is 2. The van der Waals surface area contributed by atoms with E-state index >= 15 is 0 Å². The van der Waals surface area contributed by atoms with Crippen molar-refractivity contribution in [2.24, 2.45) is 22.7 Å². The number of aromatic nitrogens is 2. The van der Waals surface area contributed by atoms with Crippen molar-refractivity contribution in [2.75, 3.05) is 59.0 Å². The number of nitrogens with zero attached hydrogens (tertiary/aromatic N) is 4. The summed E-state index contributed by atoms with van der Waals surface area (Å²) in [7, 11) is 0. The van der Waals surface area contributed by atoms with Gasteiger partial charge in [0.2, 0.25) is 18.7 Å². The molecule has 1 aromatic rings. The predicted octanol–water partition coefficient (Wildman–Crippen LogP) is 4.70. The van der Waals surface area contributed by atoms with Crippen molar-refractivity contribution in [1.82, 2.24) is 30.2 Å². The second kappa shape index (κ2) is 16.9. The third-order valence-corrected chi connectivity index (χ3v) is 10.7. The molecule has 5 aliphatic rings. The maximum Gasteiger partial charge on any atom is 0.257 e. The molecular formula is C35H61FN6O5. The standard InChI is InChI=1S/C16H22N4O2.C10H19NO2.C9H16FNO.2H2/c1-15(2)5-12(15)14(22)20-9-16(10-20)3-4-19(8-16)13(21)11-6-17-18-7-11;12-9-11-6-7-13-8-10-4-2-1-3-5-10;1-2-3-9(10)4-6-11(8-12)7-5-9;;/h6-7,12H,3-5,8-10H2,1-2H3,(H,17,18);9-10H,1-8H2,(H,11,12);8H,2-7H2,1H3;2*1H/t12-;;;;/m1..../s1. The van der Waals surface area contributed by atoms with Gasteiger partial charge in [0.1, 0.15) is 5.67 Å². The number of H-pyrrole nitrogens is 1. The molecule has 3 saturated heterocycles. The summed E-state index contributed by atoms with van der Waals surface area (Å²) in [4.78, 5) is 50.5. The molecule has 2 saturated carbocycles. The molecule has 1 spiro atoms. The molecule has 0 aromatic carbocycles. The zero-order chi connectivity index (χ0) is 33.9. The number of piperidine rings is 1. The lowest BCUT2D eigenvalue weighted by Gasteiger charge is -2.48. The second-order valence-electron chi connectivity index (χ2n) is 15.1. The highest BCUT2D eigenvalue weighted by atomic mass is 19.1. The fourth-order valence-electron chi connectivity index (χ4n) is 7.47. The number of rotatable bonds is 11. The minimum Gasteiger partial charge on any atom is -0.379 e. The van der Waals surface area contributed by atoms with E-state index in [1.807, 2.05) is 16.7 Å². The normalized spacial score (nSPS) is 23.8. The van der Waals surface area contributed by atoms with Gasteiger partial charge in [0, 0.05) is 72.8 Å². The maximum atomic E-state index is 13.7. The Morgan fingerprint density at radius 1 is 1.09 bits per heavy atom. The van der Waals surface area contributed by atoms with Crippen molar-refractivity contribution in [1.29, 1.82) is 0 Å². The Labute approximate surface area is 282 Å². The van der Waals surface area contributed by atoms with Gasteiger partial charge in [-0.05, 0) is 56.3 Å². The minimum atomic E-state index is -0.992. The van der Waals surface area contributed by atoms with Gasteiger partial charge in [0.05, 0.1) is 18.4 Å². The molecule has 1 aromatic heterocycles. The van der Waals surface area contributed by atoms with Crippen LogP contribution in [0.4, 0.5) is 4.39 Å². The van der Waals surface area contributed by atoms with Crippen LogP contribution in [-0.4, -0.2) is 114 Å². The summed E-state index contributed by atoms with van der Waals surface area (Å²) >= 11 is 0. The van der Waals surface area contributed by atoms with Crippen LogP contribution < -0.4 is 5.32 Å². The summed E-state index contributed by atoms with van der Waals surface area (Å²) in [5, 5.41) is 9.10. The summed E-state index contributed by atoms with van der Waals surface area (Å²) in [5.74, 6) is 1.34. The number of hydrogen-bond donors (Lipinski definition) is 2. The zero-order valence-corrected chi connectivity index (χ0v) is 28.8. The molecule has 0 radical (unpaired) electrons. The SMILES string of the molecule is CC1(C)C[C@@H]1C(=O)N1CC2(CCN(C(=O)c3cn[nH]c3)C2)C1.CCCC1(F)CCN(C=O)CC1.O=CNCCOCC1CCCCC1.[HH].[HH]. The fourth-order valence-corrected chi connectivity index (χ4v) is 7.47. The van der Waals surface area contributed by atoms with Crippen molar-refractivity contribution in [3.8, 4) is 0 Å². The summed E-state index contributed by atoms with van der Waals surface area (Å²) in [6.45, 7) is 12.8. The van der Waals surface area contributed by atoms with Crippen LogP contribution in [0.2, 0.25) is 0 Å². The molecule has 0 unspecified atom stereocenters. The smallest absolute Gasteiger partial charge is 0.257 e. The zero-order valence-electron chi connectivity index (χ0n) is 28.8. The van der Waals surface area contributed by atoms with Crippen LogP contribution in [-0.2, 0) is 19.1 Å². The number of ether oxygens (including phenoxy) is 1. The van der Waals surface area contributed by atoms with Crippen LogP contribution in [0.25, 0.3) is 0 Å². The van der Waals surface area contributed by atoms with Crippen molar-refractivity contribution < 1.29 is 31.2 Å². The van der Waals surface area contributed by atoms with Crippen LogP contribution in [0.5, 0.6) is 0 Å². The Bertz CT molecular complexity index is 1160. The highest BCUT2D eigenvalue weighted by molar-refractivity contribution is 5.94. The lowest BCUT2D eigenvalue weighted by molar-refractivity contribution is -0.144. The Balaban J connectivity index is 0.000000269. The average Bonchev–Trinajstić information content (AvgIpc) is 3.44. The monoisotopic (exact) mass is 664 g/mol. The van der Waals surface area contributed by atoms with E-state index in [-0.39, 0.29) is 25.5 Å². The van der Waals surface area contributed by atoms with Crippen molar-refractivity contribution in [3.05, 3.63) is 18.0 Å². The fraction of sp³-hybridized carbons (Fsp3) is 0.800. The molecule has 0 bridgehead atoms. The Hall–Kier alpha value is -3.02. The molecule has 12 heteroatoms. The lowest BCUT2D eigenvalue weighted by Crippen LogP contribution is -2.60. The van der Waals surface area contributed by atoms with E-state index in [9.17, 15) is 23.6 Å². The maximum absolute atomic E-state index is 13.7. The van der Waals surface area contributed by atoms with E-state index in [4.69, 9.17) is 4.74 Å².